The minimum Gasteiger partial charge on any atom is -0.387 e. The van der Waals surface area contributed by atoms with Crippen molar-refractivity contribution < 1.29 is 9.90 Å². The van der Waals surface area contributed by atoms with Crippen LogP contribution in [0.3, 0.4) is 0 Å². The number of amides is 1. The Balaban J connectivity index is 1.97. The van der Waals surface area contributed by atoms with E-state index < -0.39 is 6.10 Å². The molecule has 0 radical (unpaired) electrons. The molecule has 0 saturated heterocycles. The van der Waals surface area contributed by atoms with Crippen molar-refractivity contribution in [3.8, 4) is 0 Å². The van der Waals surface area contributed by atoms with Gasteiger partial charge in [-0.2, -0.15) is 5.10 Å². The van der Waals surface area contributed by atoms with Gasteiger partial charge >= 0.3 is 0 Å². The van der Waals surface area contributed by atoms with E-state index in [0.717, 1.165) is 10.6 Å². The molecule has 22 heavy (non-hydrogen) atoms. The minimum atomic E-state index is -0.546. The van der Waals surface area contributed by atoms with Crippen molar-refractivity contribution in [2.45, 2.75) is 52.3 Å². The van der Waals surface area contributed by atoms with Gasteiger partial charge in [0.2, 0.25) is 0 Å². The SMILES string of the molecule is Cc1c(C(=O)NC(C)CC(O)c2cccs2)cnn1C(C)C. The third-order valence-corrected chi connectivity index (χ3v) is 4.58. The molecule has 0 aliphatic heterocycles. The first kappa shape index (κ1) is 16.7. The summed E-state index contributed by atoms with van der Waals surface area (Å²) in [7, 11) is 0. The van der Waals surface area contributed by atoms with Crippen LogP contribution < -0.4 is 5.32 Å². The summed E-state index contributed by atoms with van der Waals surface area (Å²) in [5.41, 5.74) is 1.45. The van der Waals surface area contributed by atoms with Crippen LogP contribution in [-0.2, 0) is 0 Å². The van der Waals surface area contributed by atoms with Gasteiger partial charge < -0.3 is 10.4 Å². The summed E-state index contributed by atoms with van der Waals surface area (Å²) < 4.78 is 1.83. The van der Waals surface area contributed by atoms with E-state index in [2.05, 4.69) is 10.4 Å². The number of aliphatic hydroxyl groups excluding tert-OH is 1. The Bertz CT molecular complexity index is 619. The van der Waals surface area contributed by atoms with Gasteiger partial charge in [0, 0.05) is 22.7 Å². The smallest absolute Gasteiger partial charge is 0.254 e. The second-order valence-electron chi connectivity index (χ2n) is 5.82. The van der Waals surface area contributed by atoms with Crippen molar-refractivity contribution in [1.29, 1.82) is 0 Å². The summed E-state index contributed by atoms with van der Waals surface area (Å²) in [6, 6.07) is 3.92. The van der Waals surface area contributed by atoms with Crippen molar-refractivity contribution >= 4 is 17.2 Å². The van der Waals surface area contributed by atoms with Gasteiger partial charge in [0.1, 0.15) is 0 Å². The van der Waals surface area contributed by atoms with Gasteiger partial charge in [-0.15, -0.1) is 11.3 Å². The molecular formula is C16H23N3O2S. The molecule has 0 aliphatic rings. The lowest BCUT2D eigenvalue weighted by Crippen LogP contribution is -2.34. The van der Waals surface area contributed by atoms with Gasteiger partial charge in [-0.3, -0.25) is 9.48 Å². The van der Waals surface area contributed by atoms with Gasteiger partial charge in [-0.1, -0.05) is 6.07 Å². The summed E-state index contributed by atoms with van der Waals surface area (Å²) in [4.78, 5) is 13.3. The van der Waals surface area contributed by atoms with Crippen molar-refractivity contribution in [1.82, 2.24) is 15.1 Å². The minimum absolute atomic E-state index is 0.119. The second-order valence-corrected chi connectivity index (χ2v) is 6.80. The molecule has 2 N–H and O–H groups in total. The van der Waals surface area contributed by atoms with Crippen molar-refractivity contribution in [2.24, 2.45) is 0 Å². The van der Waals surface area contributed by atoms with Crippen LogP contribution in [0.1, 0.15) is 60.3 Å². The predicted molar refractivity (Wildman–Crippen MR) is 88.2 cm³/mol. The lowest BCUT2D eigenvalue weighted by atomic mass is 10.1. The third kappa shape index (κ3) is 3.75. The molecule has 0 aliphatic carbocycles. The Morgan fingerprint density at radius 1 is 1.45 bits per heavy atom. The van der Waals surface area contributed by atoms with Crippen molar-refractivity contribution in [2.75, 3.05) is 0 Å². The van der Waals surface area contributed by atoms with Crippen molar-refractivity contribution in [3.05, 3.63) is 39.8 Å². The van der Waals surface area contributed by atoms with Crippen LogP contribution in [0.15, 0.2) is 23.7 Å². The first-order valence-corrected chi connectivity index (χ1v) is 8.34. The molecule has 2 unspecified atom stereocenters. The fourth-order valence-electron chi connectivity index (χ4n) is 2.46. The summed E-state index contributed by atoms with van der Waals surface area (Å²) >= 11 is 1.52. The van der Waals surface area contributed by atoms with E-state index in [1.165, 1.54) is 11.3 Å². The first-order chi connectivity index (χ1) is 10.4. The predicted octanol–water partition coefficient (Wildman–Crippen LogP) is 3.08. The summed E-state index contributed by atoms with van der Waals surface area (Å²) in [6.07, 6.45) is 1.55. The molecule has 2 aromatic rings. The van der Waals surface area contributed by atoms with E-state index >= 15 is 0 Å². The van der Waals surface area contributed by atoms with E-state index in [4.69, 9.17) is 0 Å². The molecule has 2 atom stereocenters. The summed E-state index contributed by atoms with van der Waals surface area (Å²) in [6.45, 7) is 7.85. The third-order valence-electron chi connectivity index (χ3n) is 3.60. The Kier molecular flexibility index (Phi) is 5.37. The number of aromatic nitrogens is 2. The van der Waals surface area contributed by atoms with E-state index in [1.807, 2.05) is 49.9 Å². The zero-order chi connectivity index (χ0) is 16.3. The molecule has 0 spiro atoms. The monoisotopic (exact) mass is 321 g/mol. The normalized spacial score (nSPS) is 14.1. The molecule has 2 aromatic heterocycles. The maximum atomic E-state index is 12.3. The van der Waals surface area contributed by atoms with Crippen LogP contribution in [0.4, 0.5) is 0 Å². The Morgan fingerprint density at radius 3 is 2.73 bits per heavy atom. The number of nitrogens with one attached hydrogen (secondary N) is 1. The molecule has 6 heteroatoms. The molecule has 120 valence electrons. The maximum absolute atomic E-state index is 12.3. The Hall–Kier alpha value is -1.66. The summed E-state index contributed by atoms with van der Waals surface area (Å²) in [5.74, 6) is -0.143. The molecule has 2 rings (SSSR count). The van der Waals surface area contributed by atoms with Crippen molar-refractivity contribution in [3.63, 3.8) is 0 Å². The highest BCUT2D eigenvalue weighted by Gasteiger charge is 2.19. The fraction of sp³-hybridized carbons (Fsp3) is 0.500. The highest BCUT2D eigenvalue weighted by atomic mass is 32.1. The van der Waals surface area contributed by atoms with Crippen LogP contribution in [0.2, 0.25) is 0 Å². The van der Waals surface area contributed by atoms with Crippen LogP contribution in [0.5, 0.6) is 0 Å². The number of nitrogens with zero attached hydrogens (tertiary/aromatic N) is 2. The quantitative estimate of drug-likeness (QED) is 0.859. The van der Waals surface area contributed by atoms with E-state index in [0.29, 0.717) is 12.0 Å². The molecule has 0 saturated carbocycles. The number of carbonyl (C=O) groups is 1. The van der Waals surface area contributed by atoms with E-state index in [-0.39, 0.29) is 18.0 Å². The fourth-order valence-corrected chi connectivity index (χ4v) is 3.18. The van der Waals surface area contributed by atoms with Gasteiger partial charge in [0.25, 0.3) is 5.91 Å². The maximum Gasteiger partial charge on any atom is 0.254 e. The largest absolute Gasteiger partial charge is 0.387 e. The van der Waals surface area contributed by atoms with Crippen LogP contribution >= 0.6 is 11.3 Å². The molecule has 0 bridgehead atoms. The zero-order valence-electron chi connectivity index (χ0n) is 13.4. The average Bonchev–Trinajstić information content (AvgIpc) is 3.06. The number of aliphatic hydroxyl groups is 1. The molecule has 1 amide bonds. The topological polar surface area (TPSA) is 67.2 Å². The first-order valence-electron chi connectivity index (χ1n) is 7.46. The summed E-state index contributed by atoms with van der Waals surface area (Å²) in [5, 5.41) is 19.3. The molecular weight excluding hydrogens is 298 g/mol. The van der Waals surface area contributed by atoms with E-state index in [1.54, 1.807) is 6.20 Å². The lowest BCUT2D eigenvalue weighted by molar-refractivity contribution is 0.0917. The second kappa shape index (κ2) is 7.07. The number of carbonyl (C=O) groups excluding carboxylic acids is 1. The molecule has 2 heterocycles. The number of hydrogen-bond acceptors (Lipinski definition) is 4. The molecule has 0 fully saturated rings. The van der Waals surface area contributed by atoms with Gasteiger partial charge in [-0.05, 0) is 45.6 Å². The van der Waals surface area contributed by atoms with Gasteiger partial charge in [0.15, 0.2) is 0 Å². The van der Waals surface area contributed by atoms with Gasteiger partial charge in [-0.25, -0.2) is 0 Å². The standard InChI is InChI=1S/C16H23N3O2S/c1-10(2)19-12(4)13(9-17-19)16(21)18-11(3)8-14(20)15-6-5-7-22-15/h5-7,9-11,14,20H,8H2,1-4H3,(H,18,21). The Morgan fingerprint density at radius 2 is 2.18 bits per heavy atom. The van der Waals surface area contributed by atoms with Crippen LogP contribution in [-0.4, -0.2) is 26.8 Å². The Labute approximate surface area is 135 Å². The molecule has 5 nitrogen and oxygen atoms in total. The van der Waals surface area contributed by atoms with E-state index in [9.17, 15) is 9.90 Å². The number of rotatable bonds is 6. The zero-order valence-corrected chi connectivity index (χ0v) is 14.2. The number of thiophene rings is 1. The van der Waals surface area contributed by atoms with Crippen LogP contribution in [0, 0.1) is 6.92 Å². The average molecular weight is 321 g/mol. The van der Waals surface area contributed by atoms with Gasteiger partial charge in [0.05, 0.1) is 17.9 Å². The lowest BCUT2D eigenvalue weighted by Gasteiger charge is -2.17. The molecule has 0 aromatic carbocycles. The highest BCUT2D eigenvalue weighted by Crippen LogP contribution is 2.23. The van der Waals surface area contributed by atoms with Crippen LogP contribution in [0.25, 0.3) is 0 Å². The number of hydrogen-bond donors (Lipinski definition) is 2. The highest BCUT2D eigenvalue weighted by molar-refractivity contribution is 7.10.